The highest BCUT2D eigenvalue weighted by Crippen LogP contribution is 2.18. The number of benzene rings is 1. The third-order valence-corrected chi connectivity index (χ3v) is 4.16. The van der Waals surface area contributed by atoms with E-state index in [1.807, 2.05) is 44.4 Å². The lowest BCUT2D eigenvalue weighted by Crippen LogP contribution is -2.22. The van der Waals surface area contributed by atoms with Gasteiger partial charge in [-0.05, 0) is 43.3 Å². The lowest BCUT2D eigenvalue weighted by atomic mass is 10.2. The molecule has 0 bridgehead atoms. The number of nitrogens with one attached hydrogen (secondary N) is 1. The number of nitrogens with zero attached hydrogens (tertiary/aromatic N) is 2. The summed E-state index contributed by atoms with van der Waals surface area (Å²) in [5, 5.41) is 7.08. The normalized spacial score (nSPS) is 10.7. The Labute approximate surface area is 153 Å². The monoisotopic (exact) mass is 403 g/mol. The molecular weight excluding hydrogens is 386 g/mol. The van der Waals surface area contributed by atoms with Gasteiger partial charge in [-0.15, -0.1) is 0 Å². The van der Waals surface area contributed by atoms with Gasteiger partial charge < -0.3 is 14.5 Å². The second-order valence-electron chi connectivity index (χ2n) is 5.60. The predicted octanol–water partition coefficient (Wildman–Crippen LogP) is 3.59. The van der Waals surface area contributed by atoms with Crippen LogP contribution in [0.15, 0.2) is 51.5 Å². The highest BCUT2D eigenvalue weighted by molar-refractivity contribution is 9.10. The Kier molecular flexibility index (Phi) is 5.23. The van der Waals surface area contributed by atoms with E-state index in [9.17, 15) is 4.79 Å². The van der Waals surface area contributed by atoms with Gasteiger partial charge in [0.05, 0.1) is 5.69 Å². The molecule has 0 unspecified atom stereocenters. The minimum Gasteiger partial charge on any atom is -0.486 e. The van der Waals surface area contributed by atoms with Crippen LogP contribution in [0.25, 0.3) is 0 Å². The van der Waals surface area contributed by atoms with Crippen LogP contribution in [0.4, 0.5) is 0 Å². The maximum atomic E-state index is 12.2. The van der Waals surface area contributed by atoms with Crippen molar-refractivity contribution < 1.29 is 13.9 Å². The smallest absolute Gasteiger partial charge is 0.287 e. The molecule has 0 atom stereocenters. The molecule has 0 saturated heterocycles. The first-order valence-corrected chi connectivity index (χ1v) is 8.55. The fourth-order valence-corrected chi connectivity index (χ4v) is 2.61. The number of carbonyl (C=O) groups excluding carboxylic acids is 1. The average molecular weight is 404 g/mol. The maximum Gasteiger partial charge on any atom is 0.287 e. The fraction of sp³-hybridized carbons (Fsp3) is 0.222. The van der Waals surface area contributed by atoms with Gasteiger partial charge in [-0.2, -0.15) is 5.10 Å². The van der Waals surface area contributed by atoms with Crippen LogP contribution >= 0.6 is 15.9 Å². The number of aryl methyl sites for hydroxylation is 2. The molecule has 2 heterocycles. The lowest BCUT2D eigenvalue weighted by Gasteiger charge is -2.04. The van der Waals surface area contributed by atoms with Gasteiger partial charge in [0, 0.05) is 29.8 Å². The third kappa shape index (κ3) is 4.51. The van der Waals surface area contributed by atoms with E-state index in [0.29, 0.717) is 12.3 Å². The minimum absolute atomic E-state index is 0.260. The summed E-state index contributed by atoms with van der Waals surface area (Å²) in [4.78, 5) is 12.2. The SMILES string of the molecule is Cc1nn(C)cc1CNC(=O)c1ccc(COc2ccc(Br)cc2)o1. The molecular formula is C18H18BrN3O3. The summed E-state index contributed by atoms with van der Waals surface area (Å²) < 4.78 is 13.9. The summed E-state index contributed by atoms with van der Waals surface area (Å²) in [5.74, 6) is 1.32. The molecule has 1 aromatic carbocycles. The van der Waals surface area contributed by atoms with Crippen molar-refractivity contribution in [2.75, 3.05) is 0 Å². The van der Waals surface area contributed by atoms with E-state index >= 15 is 0 Å². The summed E-state index contributed by atoms with van der Waals surface area (Å²) in [6, 6.07) is 10.9. The number of aromatic nitrogens is 2. The average Bonchev–Trinajstić information content (AvgIpc) is 3.18. The molecule has 1 N–H and O–H groups in total. The first kappa shape index (κ1) is 17.3. The van der Waals surface area contributed by atoms with Crippen LogP contribution in [0.5, 0.6) is 5.75 Å². The molecule has 130 valence electrons. The summed E-state index contributed by atoms with van der Waals surface area (Å²) in [6.07, 6.45) is 1.88. The van der Waals surface area contributed by atoms with Crippen LogP contribution in [0, 0.1) is 6.92 Å². The van der Waals surface area contributed by atoms with Gasteiger partial charge in [0.15, 0.2) is 5.76 Å². The Morgan fingerprint density at radius 2 is 2.04 bits per heavy atom. The number of halogens is 1. The van der Waals surface area contributed by atoms with E-state index in [4.69, 9.17) is 9.15 Å². The molecule has 0 saturated carbocycles. The highest BCUT2D eigenvalue weighted by atomic mass is 79.9. The van der Waals surface area contributed by atoms with Crippen LogP contribution < -0.4 is 10.1 Å². The second-order valence-corrected chi connectivity index (χ2v) is 6.52. The quantitative estimate of drug-likeness (QED) is 0.682. The van der Waals surface area contributed by atoms with Crippen LogP contribution in [-0.2, 0) is 20.2 Å². The second kappa shape index (κ2) is 7.57. The number of carbonyl (C=O) groups is 1. The first-order chi connectivity index (χ1) is 12.0. The van der Waals surface area contributed by atoms with E-state index < -0.39 is 0 Å². The Balaban J connectivity index is 1.54. The number of rotatable bonds is 6. The number of furan rings is 1. The van der Waals surface area contributed by atoms with E-state index in [0.717, 1.165) is 21.5 Å². The standard InChI is InChI=1S/C18H18BrN3O3/c1-12-13(10-22(2)21-12)9-20-18(23)17-8-7-16(25-17)11-24-15-5-3-14(19)4-6-15/h3-8,10H,9,11H2,1-2H3,(H,20,23). The van der Waals surface area contributed by atoms with Crippen molar-refractivity contribution in [3.8, 4) is 5.75 Å². The zero-order valence-corrected chi connectivity index (χ0v) is 15.5. The van der Waals surface area contributed by atoms with Crippen LogP contribution in [0.3, 0.4) is 0 Å². The van der Waals surface area contributed by atoms with Crippen LogP contribution in [0.1, 0.15) is 27.6 Å². The summed E-state index contributed by atoms with van der Waals surface area (Å²) in [6.45, 7) is 2.58. The van der Waals surface area contributed by atoms with Crippen LogP contribution in [0.2, 0.25) is 0 Å². The zero-order valence-electron chi connectivity index (χ0n) is 14.0. The van der Waals surface area contributed by atoms with Crippen molar-refractivity contribution in [1.82, 2.24) is 15.1 Å². The first-order valence-electron chi connectivity index (χ1n) is 7.75. The molecule has 0 spiro atoms. The van der Waals surface area contributed by atoms with E-state index in [-0.39, 0.29) is 18.3 Å². The Morgan fingerprint density at radius 3 is 2.72 bits per heavy atom. The summed E-state index contributed by atoms with van der Waals surface area (Å²) in [7, 11) is 1.85. The molecule has 0 fully saturated rings. The zero-order chi connectivity index (χ0) is 17.8. The molecule has 25 heavy (non-hydrogen) atoms. The maximum absolute atomic E-state index is 12.2. The number of ether oxygens (including phenoxy) is 1. The molecule has 3 aromatic rings. The van der Waals surface area contributed by atoms with Crippen molar-refractivity contribution in [1.29, 1.82) is 0 Å². The van der Waals surface area contributed by atoms with Crippen molar-refractivity contribution in [3.05, 3.63) is 69.8 Å². The van der Waals surface area contributed by atoms with Gasteiger partial charge in [0.25, 0.3) is 5.91 Å². The van der Waals surface area contributed by atoms with E-state index in [1.54, 1.807) is 16.8 Å². The molecule has 0 aliphatic rings. The molecule has 1 amide bonds. The van der Waals surface area contributed by atoms with Crippen molar-refractivity contribution in [2.24, 2.45) is 7.05 Å². The van der Waals surface area contributed by atoms with E-state index in [1.165, 1.54) is 0 Å². The van der Waals surface area contributed by atoms with Crippen molar-refractivity contribution in [3.63, 3.8) is 0 Å². The van der Waals surface area contributed by atoms with Gasteiger partial charge in [-0.25, -0.2) is 0 Å². The Hall–Kier alpha value is -2.54. The molecule has 0 aliphatic carbocycles. The largest absolute Gasteiger partial charge is 0.486 e. The Bertz CT molecular complexity index is 868. The lowest BCUT2D eigenvalue weighted by molar-refractivity contribution is 0.0919. The number of hydrogen-bond acceptors (Lipinski definition) is 4. The highest BCUT2D eigenvalue weighted by Gasteiger charge is 2.12. The van der Waals surface area contributed by atoms with E-state index in [2.05, 4.69) is 26.3 Å². The predicted molar refractivity (Wildman–Crippen MR) is 96.3 cm³/mol. The fourth-order valence-electron chi connectivity index (χ4n) is 2.35. The molecule has 6 nitrogen and oxygen atoms in total. The minimum atomic E-state index is -0.266. The summed E-state index contributed by atoms with van der Waals surface area (Å²) in [5.41, 5.74) is 1.87. The number of hydrogen-bond donors (Lipinski definition) is 1. The van der Waals surface area contributed by atoms with Gasteiger partial charge in [-0.3, -0.25) is 9.48 Å². The Morgan fingerprint density at radius 1 is 1.28 bits per heavy atom. The molecule has 2 aromatic heterocycles. The molecule has 0 radical (unpaired) electrons. The molecule has 3 rings (SSSR count). The van der Waals surface area contributed by atoms with Gasteiger partial charge in [-0.1, -0.05) is 15.9 Å². The summed E-state index contributed by atoms with van der Waals surface area (Å²) >= 11 is 3.37. The van der Waals surface area contributed by atoms with Crippen LogP contribution in [-0.4, -0.2) is 15.7 Å². The number of amides is 1. The molecule has 7 heteroatoms. The van der Waals surface area contributed by atoms with Crippen molar-refractivity contribution >= 4 is 21.8 Å². The van der Waals surface area contributed by atoms with Gasteiger partial charge in [0.1, 0.15) is 18.1 Å². The molecule has 0 aliphatic heterocycles. The van der Waals surface area contributed by atoms with Gasteiger partial charge >= 0.3 is 0 Å². The van der Waals surface area contributed by atoms with Crippen molar-refractivity contribution in [2.45, 2.75) is 20.1 Å². The third-order valence-electron chi connectivity index (χ3n) is 3.63. The van der Waals surface area contributed by atoms with Gasteiger partial charge in [0.2, 0.25) is 0 Å². The topological polar surface area (TPSA) is 69.3 Å².